The number of aromatic nitrogens is 1. The normalized spacial score (nSPS) is 19.9. The van der Waals surface area contributed by atoms with Crippen LogP contribution in [0.2, 0.25) is 5.02 Å². The molecule has 0 fully saturated rings. The number of ketones is 1. The highest BCUT2D eigenvalue weighted by Crippen LogP contribution is 2.39. The van der Waals surface area contributed by atoms with Crippen LogP contribution in [0.4, 0.5) is 4.39 Å². The zero-order chi connectivity index (χ0) is 18.7. The van der Waals surface area contributed by atoms with Crippen molar-refractivity contribution >= 4 is 34.3 Å². The summed E-state index contributed by atoms with van der Waals surface area (Å²) in [5.74, 6) is 0.323. The summed E-state index contributed by atoms with van der Waals surface area (Å²) in [5, 5.41) is 0.950. The molecule has 0 aliphatic carbocycles. The summed E-state index contributed by atoms with van der Waals surface area (Å²) in [6.07, 6.45) is 2.92. The van der Waals surface area contributed by atoms with Gasteiger partial charge in [-0.3, -0.25) is 14.8 Å². The maximum atomic E-state index is 14.6. The zero-order valence-electron chi connectivity index (χ0n) is 14.3. The Morgan fingerprint density at radius 3 is 2.85 bits per heavy atom. The highest BCUT2D eigenvalue weighted by Gasteiger charge is 2.35. The second kappa shape index (κ2) is 7.76. The third kappa shape index (κ3) is 3.91. The smallest absolute Gasteiger partial charge is 0.185 e. The van der Waals surface area contributed by atoms with Crippen molar-refractivity contribution in [1.29, 1.82) is 0 Å². The van der Waals surface area contributed by atoms with Crippen LogP contribution in [0.25, 0.3) is 0 Å². The van der Waals surface area contributed by atoms with Crippen molar-refractivity contribution in [3.63, 3.8) is 0 Å². The molecule has 0 radical (unpaired) electrons. The molecule has 4 nitrogen and oxygen atoms in total. The maximum Gasteiger partial charge on any atom is 0.185 e. The largest absolute Gasteiger partial charge is 0.379 e. The third-order valence-electron chi connectivity index (χ3n) is 4.58. The predicted octanol–water partition coefficient (Wildman–Crippen LogP) is 4.36. The molecular weight excluding hydrogens is 373 g/mol. The van der Waals surface area contributed by atoms with Crippen molar-refractivity contribution in [2.24, 2.45) is 10.7 Å². The fourth-order valence-corrected chi connectivity index (χ4v) is 4.12. The molecule has 136 valence electrons. The quantitative estimate of drug-likeness (QED) is 0.769. The summed E-state index contributed by atoms with van der Waals surface area (Å²) in [6, 6.07) is 7.98. The molecule has 1 aromatic heterocycles. The first-order valence-electron chi connectivity index (χ1n) is 8.35. The lowest BCUT2D eigenvalue weighted by atomic mass is 9.83. The fourth-order valence-electron chi connectivity index (χ4n) is 3.12. The van der Waals surface area contributed by atoms with E-state index >= 15 is 0 Å². The van der Waals surface area contributed by atoms with Crippen molar-refractivity contribution in [2.75, 3.05) is 5.75 Å². The van der Waals surface area contributed by atoms with E-state index in [0.29, 0.717) is 34.3 Å². The minimum Gasteiger partial charge on any atom is -0.379 e. The summed E-state index contributed by atoms with van der Waals surface area (Å²) >= 11 is 7.29. The van der Waals surface area contributed by atoms with E-state index in [4.69, 9.17) is 17.3 Å². The van der Waals surface area contributed by atoms with Gasteiger partial charge in [-0.05, 0) is 42.7 Å². The van der Waals surface area contributed by atoms with Gasteiger partial charge in [-0.25, -0.2) is 4.39 Å². The molecule has 2 aromatic rings. The Kier molecular flexibility index (Phi) is 5.63. The number of benzene rings is 1. The van der Waals surface area contributed by atoms with Crippen molar-refractivity contribution in [2.45, 2.75) is 31.7 Å². The number of hydrogen-bond donors (Lipinski definition) is 1. The number of pyridine rings is 1. The summed E-state index contributed by atoms with van der Waals surface area (Å²) in [6.45, 7) is 1.97. The number of carbonyl (C=O) groups is 1. The van der Waals surface area contributed by atoms with Gasteiger partial charge >= 0.3 is 0 Å². The van der Waals surface area contributed by atoms with Crippen LogP contribution in [0.3, 0.4) is 0 Å². The number of thioether (sulfide) groups is 1. The van der Waals surface area contributed by atoms with Crippen molar-refractivity contribution < 1.29 is 9.18 Å². The van der Waals surface area contributed by atoms with Crippen molar-refractivity contribution in [3.8, 4) is 0 Å². The van der Waals surface area contributed by atoms with Crippen LogP contribution >= 0.6 is 23.4 Å². The number of nitrogens with zero attached hydrogens (tertiary/aromatic N) is 2. The lowest BCUT2D eigenvalue weighted by molar-refractivity contribution is 0.0988. The average Bonchev–Trinajstić information content (AvgIpc) is 2.63. The van der Waals surface area contributed by atoms with E-state index in [1.54, 1.807) is 24.3 Å². The molecule has 0 spiro atoms. The summed E-state index contributed by atoms with van der Waals surface area (Å²) in [5.41, 5.74) is 6.79. The molecule has 1 aromatic carbocycles. The van der Waals surface area contributed by atoms with E-state index in [9.17, 15) is 9.18 Å². The number of aliphatic imine (C=N–C) groups is 1. The molecule has 0 amide bonds. The van der Waals surface area contributed by atoms with Gasteiger partial charge in [-0.15, -0.1) is 0 Å². The zero-order valence-corrected chi connectivity index (χ0v) is 15.9. The van der Waals surface area contributed by atoms with Crippen LogP contribution in [0.15, 0.2) is 41.5 Å². The fraction of sp³-hybridized carbons (Fsp3) is 0.316. The van der Waals surface area contributed by atoms with E-state index in [1.165, 1.54) is 24.0 Å². The van der Waals surface area contributed by atoms with E-state index in [2.05, 4.69) is 9.98 Å². The van der Waals surface area contributed by atoms with Crippen LogP contribution in [0.1, 0.15) is 41.4 Å². The summed E-state index contributed by atoms with van der Waals surface area (Å²) in [7, 11) is 0. The van der Waals surface area contributed by atoms with Gasteiger partial charge in [0.05, 0.1) is 10.6 Å². The molecule has 3 rings (SSSR count). The third-order valence-corrected chi connectivity index (χ3v) is 5.60. The molecular formula is C19H19ClFN3OS. The Bertz CT molecular complexity index is 856. The molecule has 0 unspecified atom stereocenters. The van der Waals surface area contributed by atoms with Gasteiger partial charge in [-0.1, -0.05) is 36.4 Å². The SMILES string of the molecule is CC[C@@]1(c2cc(CC(=O)c3ccc(Cl)cn3)ccc2F)CCSC(N)=N1. The molecule has 7 heteroatoms. The molecule has 1 atom stereocenters. The highest BCUT2D eigenvalue weighted by atomic mass is 35.5. The number of halogens is 2. The van der Waals surface area contributed by atoms with Crippen molar-refractivity contribution in [3.05, 3.63) is 64.2 Å². The molecule has 0 saturated carbocycles. The van der Waals surface area contributed by atoms with Gasteiger partial charge in [0.25, 0.3) is 0 Å². The molecule has 2 N–H and O–H groups in total. The first kappa shape index (κ1) is 18.9. The van der Waals surface area contributed by atoms with Crippen LogP contribution in [-0.2, 0) is 12.0 Å². The van der Waals surface area contributed by atoms with Gasteiger partial charge in [0.2, 0.25) is 0 Å². The Balaban J connectivity index is 1.91. The molecule has 1 aliphatic rings. The van der Waals surface area contributed by atoms with E-state index < -0.39 is 5.54 Å². The number of hydrogen-bond acceptors (Lipinski definition) is 5. The number of nitrogens with two attached hydrogens (primary N) is 1. The van der Waals surface area contributed by atoms with Gasteiger partial charge in [0.15, 0.2) is 11.0 Å². The summed E-state index contributed by atoms with van der Waals surface area (Å²) in [4.78, 5) is 21.1. The Labute approximate surface area is 161 Å². The lowest BCUT2D eigenvalue weighted by Gasteiger charge is -2.33. The molecule has 0 saturated heterocycles. The van der Waals surface area contributed by atoms with E-state index in [0.717, 1.165) is 11.3 Å². The van der Waals surface area contributed by atoms with Gasteiger partial charge in [0, 0.05) is 23.9 Å². The van der Waals surface area contributed by atoms with Crippen LogP contribution in [-0.4, -0.2) is 21.7 Å². The Morgan fingerprint density at radius 1 is 1.38 bits per heavy atom. The molecule has 2 heterocycles. The molecule has 26 heavy (non-hydrogen) atoms. The minimum atomic E-state index is -0.670. The first-order valence-corrected chi connectivity index (χ1v) is 9.71. The number of rotatable bonds is 5. The second-order valence-electron chi connectivity index (χ2n) is 6.21. The van der Waals surface area contributed by atoms with Crippen LogP contribution in [0, 0.1) is 5.82 Å². The minimum absolute atomic E-state index is 0.135. The number of Topliss-reactive ketones (excluding diaryl/α,β-unsaturated/α-hetero) is 1. The Morgan fingerprint density at radius 2 is 2.19 bits per heavy atom. The summed E-state index contributed by atoms with van der Waals surface area (Å²) < 4.78 is 14.6. The highest BCUT2D eigenvalue weighted by molar-refractivity contribution is 8.13. The molecule has 1 aliphatic heterocycles. The van der Waals surface area contributed by atoms with Gasteiger partial charge in [0.1, 0.15) is 11.5 Å². The van der Waals surface area contributed by atoms with Gasteiger partial charge in [-0.2, -0.15) is 0 Å². The monoisotopic (exact) mass is 391 g/mol. The average molecular weight is 392 g/mol. The van der Waals surface area contributed by atoms with E-state index in [-0.39, 0.29) is 18.0 Å². The van der Waals surface area contributed by atoms with Crippen LogP contribution in [0.5, 0.6) is 0 Å². The standard InChI is InChI=1S/C19H19ClFN3OS/c1-2-19(7-8-26-18(22)24-19)14-9-12(3-5-15(14)21)10-17(25)16-6-4-13(20)11-23-16/h3-6,9,11H,2,7-8,10H2,1H3,(H2,22,24)/t19-/m0/s1. The first-order chi connectivity index (χ1) is 12.4. The van der Waals surface area contributed by atoms with Crippen LogP contribution < -0.4 is 5.73 Å². The number of amidine groups is 1. The predicted molar refractivity (Wildman–Crippen MR) is 104 cm³/mol. The number of carbonyl (C=O) groups excluding carboxylic acids is 1. The maximum absolute atomic E-state index is 14.6. The Hall–Kier alpha value is -1.92. The topological polar surface area (TPSA) is 68.3 Å². The lowest BCUT2D eigenvalue weighted by Crippen LogP contribution is -2.32. The molecule has 0 bridgehead atoms. The van der Waals surface area contributed by atoms with Gasteiger partial charge < -0.3 is 5.73 Å². The second-order valence-corrected chi connectivity index (χ2v) is 7.76. The van der Waals surface area contributed by atoms with E-state index in [1.807, 2.05) is 6.92 Å². The van der Waals surface area contributed by atoms with Crippen molar-refractivity contribution in [1.82, 2.24) is 4.98 Å².